The highest BCUT2D eigenvalue weighted by atomic mass is 79.9. The zero-order valence-electron chi connectivity index (χ0n) is 19.5. The molecule has 3 aromatic carbocycles. The number of halogens is 2. The Balaban J connectivity index is 1.67. The molecule has 1 aliphatic rings. The van der Waals surface area contributed by atoms with Crippen molar-refractivity contribution < 1.29 is 24.2 Å². The zero-order chi connectivity index (χ0) is 25.8. The highest BCUT2D eigenvalue weighted by molar-refractivity contribution is 9.13. The molecular formula is C27H22Br2N2O5. The summed E-state index contributed by atoms with van der Waals surface area (Å²) in [6.07, 6.45) is 1.72. The molecule has 0 aliphatic carbocycles. The quantitative estimate of drug-likeness (QED) is 0.286. The van der Waals surface area contributed by atoms with Crippen molar-refractivity contribution in [3.8, 4) is 11.5 Å². The molecule has 0 unspecified atom stereocenters. The molecular weight excluding hydrogens is 592 g/mol. The maximum Gasteiger partial charge on any atom is 0.335 e. The van der Waals surface area contributed by atoms with E-state index in [-0.39, 0.29) is 11.5 Å². The van der Waals surface area contributed by atoms with Crippen molar-refractivity contribution in [1.82, 2.24) is 0 Å². The van der Waals surface area contributed by atoms with E-state index in [9.17, 15) is 14.7 Å². The molecule has 1 N–H and O–H groups in total. The van der Waals surface area contributed by atoms with Gasteiger partial charge >= 0.3 is 5.97 Å². The van der Waals surface area contributed by atoms with Gasteiger partial charge in [0, 0.05) is 4.47 Å². The summed E-state index contributed by atoms with van der Waals surface area (Å²) in [6, 6.07) is 17.7. The highest BCUT2D eigenvalue weighted by Gasteiger charge is 2.30. The number of carboxylic acid groups (broad SMARTS) is 1. The first-order valence-electron chi connectivity index (χ1n) is 11.1. The first-order chi connectivity index (χ1) is 17.3. The van der Waals surface area contributed by atoms with Crippen LogP contribution in [0.2, 0.25) is 0 Å². The van der Waals surface area contributed by atoms with E-state index < -0.39 is 5.97 Å². The number of nitrogens with zero attached hydrogens (tertiary/aromatic N) is 2. The summed E-state index contributed by atoms with van der Waals surface area (Å²) < 4.78 is 13.3. The molecule has 7 nitrogen and oxygen atoms in total. The third-order valence-electron chi connectivity index (χ3n) is 5.38. The summed E-state index contributed by atoms with van der Waals surface area (Å²) in [4.78, 5) is 24.6. The van der Waals surface area contributed by atoms with Crippen molar-refractivity contribution in [3.63, 3.8) is 0 Å². The van der Waals surface area contributed by atoms with Crippen molar-refractivity contribution in [2.45, 2.75) is 20.5 Å². The Kier molecular flexibility index (Phi) is 7.91. The number of carbonyl (C=O) groups is 2. The van der Waals surface area contributed by atoms with E-state index in [1.807, 2.05) is 37.3 Å². The van der Waals surface area contributed by atoms with E-state index in [4.69, 9.17) is 9.47 Å². The molecule has 9 heteroatoms. The van der Waals surface area contributed by atoms with Crippen molar-refractivity contribution in [2.75, 3.05) is 11.6 Å². The molecule has 0 atom stereocenters. The summed E-state index contributed by atoms with van der Waals surface area (Å²) in [5.74, 6) is -0.362. The number of benzene rings is 3. The first kappa shape index (κ1) is 25.7. The number of aromatic carboxylic acids is 1. The van der Waals surface area contributed by atoms with Crippen LogP contribution in [0.5, 0.6) is 11.5 Å². The van der Waals surface area contributed by atoms with E-state index in [0.29, 0.717) is 56.2 Å². The molecule has 0 aromatic heterocycles. The van der Waals surface area contributed by atoms with Crippen molar-refractivity contribution in [2.24, 2.45) is 5.10 Å². The van der Waals surface area contributed by atoms with Crippen LogP contribution in [0.25, 0.3) is 6.08 Å². The molecule has 0 saturated heterocycles. The Morgan fingerprint density at radius 1 is 1.06 bits per heavy atom. The third-order valence-corrected chi connectivity index (χ3v) is 7.52. The molecule has 0 bridgehead atoms. The van der Waals surface area contributed by atoms with Crippen LogP contribution in [0, 0.1) is 0 Å². The van der Waals surface area contributed by atoms with E-state index in [1.165, 1.54) is 17.1 Å². The number of hydrazone groups is 1. The fourth-order valence-corrected chi connectivity index (χ4v) is 4.57. The molecule has 0 fully saturated rings. The molecule has 184 valence electrons. The summed E-state index contributed by atoms with van der Waals surface area (Å²) in [7, 11) is 0. The van der Waals surface area contributed by atoms with Crippen LogP contribution in [-0.4, -0.2) is 29.3 Å². The number of hydrogen-bond acceptors (Lipinski definition) is 5. The largest absolute Gasteiger partial charge is 0.490 e. The Morgan fingerprint density at radius 2 is 1.81 bits per heavy atom. The van der Waals surface area contributed by atoms with Crippen LogP contribution in [0.1, 0.15) is 35.3 Å². The van der Waals surface area contributed by atoms with Gasteiger partial charge in [-0.15, -0.1) is 0 Å². The standard InChI is InChI=1S/C27H22Br2N2O5/c1-3-35-22-14-19(23(28)24(29)25(22)36-15-17-8-5-4-6-9-17)13-21-16(2)30-31(26(21)32)20-11-7-10-18(12-20)27(33)34/h4-14H,3,15H2,1-2H3,(H,33,34)/b21-13+. The van der Waals surface area contributed by atoms with Crippen LogP contribution in [0.15, 0.2) is 80.3 Å². The van der Waals surface area contributed by atoms with Crippen LogP contribution in [-0.2, 0) is 11.4 Å². The number of carboxylic acids is 1. The maximum atomic E-state index is 13.2. The third kappa shape index (κ3) is 5.37. The van der Waals surface area contributed by atoms with E-state index in [1.54, 1.807) is 31.2 Å². The summed E-state index contributed by atoms with van der Waals surface area (Å²) in [5, 5.41) is 14.9. The van der Waals surface area contributed by atoms with Gasteiger partial charge in [-0.05, 0) is 87.2 Å². The summed E-state index contributed by atoms with van der Waals surface area (Å²) in [5.41, 5.74) is 3.04. The number of carbonyl (C=O) groups excluding carboxylic acids is 1. The lowest BCUT2D eigenvalue weighted by atomic mass is 10.1. The highest BCUT2D eigenvalue weighted by Crippen LogP contribution is 2.44. The van der Waals surface area contributed by atoms with Gasteiger partial charge in [0.2, 0.25) is 0 Å². The monoisotopic (exact) mass is 612 g/mol. The van der Waals surface area contributed by atoms with Crippen molar-refractivity contribution >= 4 is 61.2 Å². The van der Waals surface area contributed by atoms with Crippen LogP contribution in [0.4, 0.5) is 5.69 Å². The normalized spacial score (nSPS) is 14.2. The second-order valence-electron chi connectivity index (χ2n) is 7.84. The van der Waals surface area contributed by atoms with Gasteiger partial charge in [0.05, 0.1) is 33.6 Å². The minimum atomic E-state index is -1.08. The molecule has 36 heavy (non-hydrogen) atoms. The maximum absolute atomic E-state index is 13.2. The second kappa shape index (κ2) is 11.1. The van der Waals surface area contributed by atoms with Gasteiger partial charge < -0.3 is 14.6 Å². The SMILES string of the molecule is CCOc1cc(/C=C2/C(=O)N(c3cccc(C(=O)O)c3)N=C2C)c(Br)c(Br)c1OCc1ccccc1. The minimum Gasteiger partial charge on any atom is -0.490 e. The van der Waals surface area contributed by atoms with Gasteiger partial charge in [-0.25, -0.2) is 4.79 Å². The lowest BCUT2D eigenvalue weighted by molar-refractivity contribution is -0.114. The average molecular weight is 614 g/mol. The summed E-state index contributed by atoms with van der Waals surface area (Å²) in [6.45, 7) is 4.41. The molecule has 1 aliphatic heterocycles. The van der Waals surface area contributed by atoms with Crippen LogP contribution >= 0.6 is 31.9 Å². The van der Waals surface area contributed by atoms with E-state index in [2.05, 4.69) is 37.0 Å². The number of rotatable bonds is 8. The first-order valence-corrected chi connectivity index (χ1v) is 12.6. The fraction of sp³-hybridized carbons (Fsp3) is 0.148. The van der Waals surface area contributed by atoms with Gasteiger partial charge in [-0.3, -0.25) is 4.79 Å². The Hall–Kier alpha value is -3.43. The topological polar surface area (TPSA) is 88.4 Å². The molecule has 4 rings (SSSR count). The minimum absolute atomic E-state index is 0.0738. The van der Waals surface area contributed by atoms with E-state index >= 15 is 0 Å². The Labute approximate surface area is 225 Å². The molecule has 0 radical (unpaired) electrons. The fourth-order valence-electron chi connectivity index (χ4n) is 3.62. The number of ether oxygens (including phenoxy) is 2. The van der Waals surface area contributed by atoms with Crippen LogP contribution < -0.4 is 14.5 Å². The van der Waals surface area contributed by atoms with Gasteiger partial charge in [0.15, 0.2) is 11.5 Å². The van der Waals surface area contributed by atoms with Crippen molar-refractivity contribution in [3.05, 3.63) is 91.9 Å². The predicted octanol–water partition coefficient (Wildman–Crippen LogP) is 6.69. The number of hydrogen-bond donors (Lipinski definition) is 1. The van der Waals surface area contributed by atoms with Crippen LogP contribution in [0.3, 0.4) is 0 Å². The second-order valence-corrected chi connectivity index (χ2v) is 9.43. The Bertz CT molecular complexity index is 1390. The number of anilines is 1. The van der Waals surface area contributed by atoms with Gasteiger partial charge in [-0.1, -0.05) is 36.4 Å². The Morgan fingerprint density at radius 3 is 2.50 bits per heavy atom. The predicted molar refractivity (Wildman–Crippen MR) is 146 cm³/mol. The van der Waals surface area contributed by atoms with E-state index in [0.717, 1.165) is 5.56 Å². The average Bonchev–Trinajstić information content (AvgIpc) is 3.16. The molecule has 1 amide bonds. The van der Waals surface area contributed by atoms with Gasteiger partial charge in [0.1, 0.15) is 6.61 Å². The zero-order valence-corrected chi connectivity index (χ0v) is 22.7. The molecule has 0 saturated carbocycles. The molecule has 3 aromatic rings. The smallest absolute Gasteiger partial charge is 0.335 e. The lowest BCUT2D eigenvalue weighted by Crippen LogP contribution is -2.21. The van der Waals surface area contributed by atoms with Gasteiger partial charge in [-0.2, -0.15) is 10.1 Å². The molecule has 0 spiro atoms. The van der Waals surface area contributed by atoms with Gasteiger partial charge in [0.25, 0.3) is 5.91 Å². The molecule has 1 heterocycles. The van der Waals surface area contributed by atoms with Crippen molar-refractivity contribution in [1.29, 1.82) is 0 Å². The number of amides is 1. The summed E-state index contributed by atoms with van der Waals surface area (Å²) >= 11 is 7.23. The lowest BCUT2D eigenvalue weighted by Gasteiger charge is -2.17.